The zero-order chi connectivity index (χ0) is 15.9. The summed E-state index contributed by atoms with van der Waals surface area (Å²) in [7, 11) is 0. The Morgan fingerprint density at radius 3 is 2.65 bits per heavy atom. The number of carbonyl (C=O) groups excluding carboxylic acids is 2. The standard InChI is InChI=1S/C16H29N3O3.ClH/c1-2-7-18-15(20)13-4-3-8-19(11-13)16(21)14(17)12-5-9-22-10-6-12;/h12-14H,2-11,17H2,1H3,(H,18,20);1H. The first kappa shape index (κ1) is 20.2. The molecule has 6 nitrogen and oxygen atoms in total. The number of likely N-dealkylation sites (tertiary alicyclic amines) is 1. The van der Waals surface area contributed by atoms with Crippen LogP contribution in [0.3, 0.4) is 0 Å². The van der Waals surface area contributed by atoms with Crippen molar-refractivity contribution >= 4 is 24.2 Å². The maximum absolute atomic E-state index is 12.6. The van der Waals surface area contributed by atoms with E-state index in [1.165, 1.54) is 0 Å². The second kappa shape index (κ2) is 10.1. The molecule has 2 amide bonds. The zero-order valence-corrected chi connectivity index (χ0v) is 14.8. The third-order valence-corrected chi connectivity index (χ3v) is 4.71. The molecule has 3 N–H and O–H groups in total. The van der Waals surface area contributed by atoms with Gasteiger partial charge in [-0.1, -0.05) is 6.92 Å². The van der Waals surface area contributed by atoms with Crippen molar-refractivity contribution in [2.75, 3.05) is 32.8 Å². The average Bonchev–Trinajstić information content (AvgIpc) is 2.59. The Morgan fingerprint density at radius 2 is 2.00 bits per heavy atom. The monoisotopic (exact) mass is 347 g/mol. The number of halogens is 1. The third-order valence-electron chi connectivity index (χ3n) is 4.71. The van der Waals surface area contributed by atoms with Gasteiger partial charge in [0.05, 0.1) is 12.0 Å². The number of hydrogen-bond acceptors (Lipinski definition) is 4. The molecule has 2 unspecified atom stereocenters. The number of nitrogens with two attached hydrogens (primary N) is 1. The molecule has 134 valence electrons. The van der Waals surface area contributed by atoms with Crippen molar-refractivity contribution in [3.8, 4) is 0 Å². The van der Waals surface area contributed by atoms with Crippen molar-refractivity contribution < 1.29 is 14.3 Å². The first-order valence-corrected chi connectivity index (χ1v) is 8.53. The molecule has 7 heteroatoms. The van der Waals surface area contributed by atoms with Gasteiger partial charge in [-0.15, -0.1) is 12.4 Å². The van der Waals surface area contributed by atoms with Crippen LogP contribution in [0.15, 0.2) is 0 Å². The van der Waals surface area contributed by atoms with E-state index in [2.05, 4.69) is 5.32 Å². The van der Waals surface area contributed by atoms with Crippen molar-refractivity contribution in [3.05, 3.63) is 0 Å². The summed E-state index contributed by atoms with van der Waals surface area (Å²) in [6.07, 6.45) is 4.35. The molecule has 2 rings (SSSR count). The SMILES string of the molecule is CCCNC(=O)C1CCCN(C(=O)C(N)C2CCOCC2)C1.Cl. The van der Waals surface area contributed by atoms with Crippen molar-refractivity contribution in [1.29, 1.82) is 0 Å². The molecule has 23 heavy (non-hydrogen) atoms. The largest absolute Gasteiger partial charge is 0.381 e. The molecule has 2 fully saturated rings. The lowest BCUT2D eigenvalue weighted by molar-refractivity contribution is -0.138. The topological polar surface area (TPSA) is 84.7 Å². The highest BCUT2D eigenvalue weighted by Crippen LogP contribution is 2.22. The fourth-order valence-electron chi connectivity index (χ4n) is 3.27. The van der Waals surface area contributed by atoms with E-state index in [-0.39, 0.29) is 36.1 Å². The highest BCUT2D eigenvalue weighted by atomic mass is 35.5. The third kappa shape index (κ3) is 5.62. The van der Waals surface area contributed by atoms with Crippen LogP contribution in [0.1, 0.15) is 39.0 Å². The van der Waals surface area contributed by atoms with Crippen LogP contribution >= 0.6 is 12.4 Å². The van der Waals surface area contributed by atoms with Crippen LogP contribution in [0.2, 0.25) is 0 Å². The van der Waals surface area contributed by atoms with Crippen LogP contribution in [0.25, 0.3) is 0 Å². The van der Waals surface area contributed by atoms with Crippen molar-refractivity contribution in [2.45, 2.75) is 45.1 Å². The molecule has 2 heterocycles. The van der Waals surface area contributed by atoms with Gasteiger partial charge in [-0.25, -0.2) is 0 Å². The lowest BCUT2D eigenvalue weighted by atomic mass is 9.90. The van der Waals surface area contributed by atoms with Crippen molar-refractivity contribution in [2.24, 2.45) is 17.6 Å². The van der Waals surface area contributed by atoms with Gasteiger partial charge >= 0.3 is 0 Å². The molecule has 0 aromatic heterocycles. The predicted octanol–water partition coefficient (Wildman–Crippen LogP) is 0.927. The number of hydrogen-bond donors (Lipinski definition) is 2. The number of nitrogens with zero attached hydrogens (tertiary/aromatic N) is 1. The molecule has 0 radical (unpaired) electrons. The zero-order valence-electron chi connectivity index (χ0n) is 14.0. The molecule has 0 aromatic rings. The number of piperidine rings is 1. The molecule has 0 aromatic carbocycles. The van der Waals surface area contributed by atoms with Gasteiger partial charge in [-0.3, -0.25) is 9.59 Å². The van der Waals surface area contributed by atoms with Crippen LogP contribution in [0.5, 0.6) is 0 Å². The van der Waals surface area contributed by atoms with Gasteiger partial charge in [0.1, 0.15) is 0 Å². The highest BCUT2D eigenvalue weighted by Gasteiger charge is 2.34. The Kier molecular flexibility index (Phi) is 8.87. The van der Waals surface area contributed by atoms with Crippen LogP contribution in [0, 0.1) is 11.8 Å². The Hall–Kier alpha value is -0.850. The van der Waals surface area contributed by atoms with Crippen LogP contribution in [0.4, 0.5) is 0 Å². The second-order valence-corrected chi connectivity index (χ2v) is 6.39. The Labute approximate surface area is 144 Å². The van der Waals surface area contributed by atoms with E-state index in [1.807, 2.05) is 6.92 Å². The number of amides is 2. The van der Waals surface area contributed by atoms with Gasteiger partial charge in [0.2, 0.25) is 11.8 Å². The molecule has 2 atom stereocenters. The van der Waals surface area contributed by atoms with Crippen LogP contribution < -0.4 is 11.1 Å². The van der Waals surface area contributed by atoms with E-state index in [0.29, 0.717) is 32.8 Å². The summed E-state index contributed by atoms with van der Waals surface area (Å²) in [4.78, 5) is 26.5. The van der Waals surface area contributed by atoms with E-state index in [4.69, 9.17) is 10.5 Å². The summed E-state index contributed by atoms with van der Waals surface area (Å²) in [6, 6.07) is -0.457. The van der Waals surface area contributed by atoms with Gasteiger partial charge in [0.25, 0.3) is 0 Å². The van der Waals surface area contributed by atoms with Gasteiger partial charge in [0, 0.05) is 32.8 Å². The summed E-state index contributed by atoms with van der Waals surface area (Å²) >= 11 is 0. The fourth-order valence-corrected chi connectivity index (χ4v) is 3.27. The maximum Gasteiger partial charge on any atom is 0.239 e. The molecule has 0 spiro atoms. The summed E-state index contributed by atoms with van der Waals surface area (Å²) in [5.74, 6) is 0.181. The highest BCUT2D eigenvalue weighted by molar-refractivity contribution is 5.85. The fraction of sp³-hybridized carbons (Fsp3) is 0.875. The van der Waals surface area contributed by atoms with E-state index >= 15 is 0 Å². The Morgan fingerprint density at radius 1 is 1.30 bits per heavy atom. The number of nitrogens with one attached hydrogen (secondary N) is 1. The van der Waals surface area contributed by atoms with E-state index in [1.54, 1.807) is 4.90 Å². The molecule has 0 bridgehead atoms. The molecule has 2 saturated heterocycles. The quantitative estimate of drug-likeness (QED) is 0.774. The maximum atomic E-state index is 12.6. The summed E-state index contributed by atoms with van der Waals surface area (Å²) in [5.41, 5.74) is 6.18. The number of rotatable bonds is 5. The van der Waals surface area contributed by atoms with Gasteiger partial charge in [0.15, 0.2) is 0 Å². The van der Waals surface area contributed by atoms with Crippen LogP contribution in [-0.4, -0.2) is 55.6 Å². The Bertz CT molecular complexity index is 389. The average molecular weight is 348 g/mol. The number of carbonyl (C=O) groups is 2. The lowest BCUT2D eigenvalue weighted by Crippen LogP contribution is -2.53. The van der Waals surface area contributed by atoms with E-state index in [9.17, 15) is 9.59 Å². The molecular formula is C16H30ClN3O3. The summed E-state index contributed by atoms with van der Waals surface area (Å²) in [5, 5.41) is 2.93. The normalized spacial score (nSPS) is 23.7. The molecule has 2 aliphatic rings. The van der Waals surface area contributed by atoms with Gasteiger partial charge < -0.3 is 20.7 Å². The summed E-state index contributed by atoms with van der Waals surface area (Å²) in [6.45, 7) is 5.33. The Balaban J connectivity index is 0.00000264. The predicted molar refractivity (Wildman–Crippen MR) is 91.4 cm³/mol. The first-order chi connectivity index (χ1) is 10.6. The minimum atomic E-state index is -0.457. The molecule has 2 aliphatic heterocycles. The van der Waals surface area contributed by atoms with E-state index in [0.717, 1.165) is 32.1 Å². The van der Waals surface area contributed by atoms with Crippen molar-refractivity contribution in [1.82, 2.24) is 10.2 Å². The lowest BCUT2D eigenvalue weighted by Gasteiger charge is -2.36. The number of ether oxygens (including phenoxy) is 1. The smallest absolute Gasteiger partial charge is 0.239 e. The first-order valence-electron chi connectivity index (χ1n) is 8.53. The van der Waals surface area contributed by atoms with E-state index < -0.39 is 6.04 Å². The summed E-state index contributed by atoms with van der Waals surface area (Å²) < 4.78 is 5.33. The van der Waals surface area contributed by atoms with Crippen LogP contribution in [-0.2, 0) is 14.3 Å². The van der Waals surface area contributed by atoms with Crippen molar-refractivity contribution in [3.63, 3.8) is 0 Å². The molecule has 0 saturated carbocycles. The molecular weight excluding hydrogens is 318 g/mol. The van der Waals surface area contributed by atoms with Gasteiger partial charge in [-0.2, -0.15) is 0 Å². The second-order valence-electron chi connectivity index (χ2n) is 6.39. The molecule has 0 aliphatic carbocycles. The minimum Gasteiger partial charge on any atom is -0.381 e. The minimum absolute atomic E-state index is 0. The van der Waals surface area contributed by atoms with Gasteiger partial charge in [-0.05, 0) is 38.0 Å².